The molecular weight excluding hydrogens is 292 g/mol. The molecule has 0 aliphatic carbocycles. The molecule has 0 saturated carbocycles. The van der Waals surface area contributed by atoms with E-state index in [1.54, 1.807) is 20.8 Å². The third-order valence-corrected chi connectivity index (χ3v) is 6.22. The Labute approximate surface area is 114 Å². The van der Waals surface area contributed by atoms with Gasteiger partial charge in [0, 0.05) is 11.2 Å². The molecule has 0 saturated heterocycles. The second-order valence-corrected chi connectivity index (χ2v) is 8.87. The molecule has 1 unspecified atom stereocenters. The lowest BCUT2D eigenvalue weighted by Gasteiger charge is -2.35. The van der Waals surface area contributed by atoms with E-state index in [4.69, 9.17) is 0 Å². The summed E-state index contributed by atoms with van der Waals surface area (Å²) < 4.78 is 52.8. The smallest absolute Gasteiger partial charge is 0.226 e. The summed E-state index contributed by atoms with van der Waals surface area (Å²) in [6.45, 7) is 7.75. The fourth-order valence-corrected chi connectivity index (χ4v) is 3.43. The van der Waals surface area contributed by atoms with E-state index in [-0.39, 0.29) is 5.75 Å². The van der Waals surface area contributed by atoms with Crippen molar-refractivity contribution in [3.8, 4) is 0 Å². The second-order valence-electron chi connectivity index (χ2n) is 5.05. The van der Waals surface area contributed by atoms with Gasteiger partial charge in [-0.3, -0.25) is 0 Å². The van der Waals surface area contributed by atoms with Crippen molar-refractivity contribution in [1.82, 2.24) is 0 Å². The molecule has 8 nitrogen and oxygen atoms in total. The Morgan fingerprint density at radius 2 is 1.42 bits per heavy atom. The summed E-state index contributed by atoms with van der Waals surface area (Å²) in [6.07, 6.45) is 0. The molecule has 0 N–H and O–H groups in total. The maximum atomic E-state index is 12.1. The summed E-state index contributed by atoms with van der Waals surface area (Å²) in [5.74, 6) is -0.171. The van der Waals surface area contributed by atoms with Gasteiger partial charge in [-0.15, -0.1) is 0 Å². The molecule has 112 valence electrons. The van der Waals surface area contributed by atoms with Gasteiger partial charge in [0.25, 0.3) is 0 Å². The summed E-state index contributed by atoms with van der Waals surface area (Å²) in [5, 5.41) is 6.64. The fraction of sp³-hybridized carbons (Fsp3) is 1.00. The molecule has 0 fully saturated rings. The van der Waals surface area contributed by atoms with E-state index in [2.05, 4.69) is 19.3 Å². The Morgan fingerprint density at radius 3 is 1.74 bits per heavy atom. The quantitative estimate of drug-likeness (QED) is 0.721. The van der Waals surface area contributed by atoms with Crippen molar-refractivity contribution < 1.29 is 16.8 Å². The zero-order valence-corrected chi connectivity index (χ0v) is 13.6. The molecule has 1 atom stereocenters. The Balaban J connectivity index is 5.93. The van der Waals surface area contributed by atoms with Gasteiger partial charge in [-0.2, -0.15) is 18.6 Å². The van der Waals surface area contributed by atoms with Crippen LogP contribution in [0.15, 0.2) is 19.3 Å². The van der Waals surface area contributed by atoms with E-state index in [1.807, 2.05) is 0 Å². The van der Waals surface area contributed by atoms with E-state index < -0.39 is 30.3 Å². The van der Waals surface area contributed by atoms with Crippen LogP contribution in [0.1, 0.15) is 34.6 Å². The number of rotatable bonds is 5. The highest BCUT2D eigenvalue weighted by atomic mass is 32.2. The normalized spacial score (nSPS) is 18.0. The highest BCUT2D eigenvalue weighted by Gasteiger charge is 2.49. The minimum Gasteiger partial charge on any atom is -0.226 e. The molecule has 0 amide bonds. The molecular formula is C9H20N4O4S2. The predicted octanol–water partition coefficient (Wildman–Crippen LogP) is 1.96. The zero-order chi connectivity index (χ0) is 15.5. The lowest BCUT2D eigenvalue weighted by molar-refractivity contribution is 0.284. The van der Waals surface area contributed by atoms with Gasteiger partial charge in [0.05, 0.1) is 7.05 Å². The maximum absolute atomic E-state index is 12.1. The summed E-state index contributed by atoms with van der Waals surface area (Å²) in [6, 6.07) is 0. The molecule has 0 rings (SSSR count). The Hall–Kier alpha value is -0.900. The molecule has 0 aromatic rings. The van der Waals surface area contributed by atoms with Gasteiger partial charge in [-0.1, -0.05) is 27.7 Å². The van der Waals surface area contributed by atoms with Gasteiger partial charge in [-0.05, 0) is 16.0 Å². The van der Waals surface area contributed by atoms with Crippen LogP contribution in [0.25, 0.3) is 0 Å². The standard InChI is InChI=1S/C9H20N4O4S2/c1-7-18(14,15)9(5,8(2,3)4)11-13-19(16,17)12-10-6/h7H2,1-6H3. The average Bonchev–Trinajstić information content (AvgIpc) is 2.24. The van der Waals surface area contributed by atoms with Crippen molar-refractivity contribution in [2.24, 2.45) is 24.7 Å². The zero-order valence-electron chi connectivity index (χ0n) is 11.9. The Bertz CT molecular complexity index is 572. The Morgan fingerprint density at radius 1 is 0.947 bits per heavy atom. The van der Waals surface area contributed by atoms with Crippen molar-refractivity contribution in [2.75, 3.05) is 12.8 Å². The van der Waals surface area contributed by atoms with Crippen LogP contribution >= 0.6 is 0 Å². The second kappa shape index (κ2) is 5.61. The first-order valence-electron chi connectivity index (χ1n) is 5.55. The van der Waals surface area contributed by atoms with Crippen LogP contribution in [-0.2, 0) is 20.0 Å². The van der Waals surface area contributed by atoms with Crippen molar-refractivity contribution in [3.63, 3.8) is 0 Å². The highest BCUT2D eigenvalue weighted by Crippen LogP contribution is 2.39. The van der Waals surface area contributed by atoms with E-state index in [9.17, 15) is 16.8 Å². The van der Waals surface area contributed by atoms with Crippen LogP contribution in [0.5, 0.6) is 0 Å². The lowest BCUT2D eigenvalue weighted by Crippen LogP contribution is -2.46. The van der Waals surface area contributed by atoms with E-state index in [0.29, 0.717) is 0 Å². The summed E-state index contributed by atoms with van der Waals surface area (Å²) in [7, 11) is -6.73. The third-order valence-electron chi connectivity index (χ3n) is 2.90. The summed E-state index contributed by atoms with van der Waals surface area (Å²) in [4.78, 5) is -1.66. The van der Waals surface area contributed by atoms with Crippen LogP contribution < -0.4 is 0 Å². The highest BCUT2D eigenvalue weighted by molar-refractivity contribution is 7.92. The molecule has 19 heavy (non-hydrogen) atoms. The lowest BCUT2D eigenvalue weighted by atomic mass is 9.88. The third kappa shape index (κ3) is 4.03. The summed E-state index contributed by atoms with van der Waals surface area (Å²) in [5.41, 5.74) is -0.829. The van der Waals surface area contributed by atoms with Crippen molar-refractivity contribution in [2.45, 2.75) is 39.5 Å². The first-order valence-corrected chi connectivity index (χ1v) is 8.60. The maximum Gasteiger partial charge on any atom is 0.397 e. The summed E-state index contributed by atoms with van der Waals surface area (Å²) >= 11 is 0. The van der Waals surface area contributed by atoms with Crippen molar-refractivity contribution in [1.29, 1.82) is 0 Å². The molecule has 10 heteroatoms. The molecule has 0 aliphatic heterocycles. The van der Waals surface area contributed by atoms with Crippen LogP contribution in [-0.4, -0.2) is 34.5 Å². The average molecular weight is 312 g/mol. The number of nitrogens with zero attached hydrogens (tertiary/aromatic N) is 4. The number of hydrogen-bond acceptors (Lipinski definition) is 6. The molecule has 0 heterocycles. The van der Waals surface area contributed by atoms with Crippen LogP contribution in [0.3, 0.4) is 0 Å². The predicted molar refractivity (Wildman–Crippen MR) is 71.9 cm³/mol. The molecule has 0 aliphatic rings. The molecule has 0 spiro atoms. The van der Waals surface area contributed by atoms with Crippen LogP contribution in [0.2, 0.25) is 0 Å². The fourth-order valence-electron chi connectivity index (χ4n) is 1.21. The monoisotopic (exact) mass is 312 g/mol. The van der Waals surface area contributed by atoms with Crippen molar-refractivity contribution >= 4 is 20.0 Å². The number of hydrogen-bond donors (Lipinski definition) is 0. The van der Waals surface area contributed by atoms with Gasteiger partial charge in [-0.25, -0.2) is 8.42 Å². The Kier molecular flexibility index (Phi) is 5.35. The van der Waals surface area contributed by atoms with Gasteiger partial charge in [0.2, 0.25) is 0 Å². The first-order chi connectivity index (χ1) is 8.33. The first kappa shape index (κ1) is 18.1. The van der Waals surface area contributed by atoms with E-state index in [1.165, 1.54) is 20.9 Å². The molecule has 0 aromatic heterocycles. The molecule has 0 aromatic carbocycles. The minimum atomic E-state index is -4.24. The van der Waals surface area contributed by atoms with Crippen LogP contribution in [0.4, 0.5) is 0 Å². The van der Waals surface area contributed by atoms with Gasteiger partial charge < -0.3 is 0 Å². The number of sulfone groups is 1. The topological polar surface area (TPSA) is 118 Å². The van der Waals surface area contributed by atoms with Crippen LogP contribution in [0, 0.1) is 5.41 Å². The minimum absolute atomic E-state index is 0.171. The molecule has 0 radical (unpaired) electrons. The van der Waals surface area contributed by atoms with E-state index in [0.717, 1.165) is 0 Å². The van der Waals surface area contributed by atoms with Crippen molar-refractivity contribution in [3.05, 3.63) is 0 Å². The SMILES string of the molecule is CCS(=O)(=O)C(C)(N=NS(=O)(=O)N=NC)C(C)(C)C. The molecule has 0 bridgehead atoms. The van der Waals surface area contributed by atoms with E-state index >= 15 is 0 Å². The van der Waals surface area contributed by atoms with Gasteiger partial charge >= 0.3 is 10.2 Å². The van der Waals surface area contributed by atoms with Gasteiger partial charge in [0.1, 0.15) is 0 Å². The van der Waals surface area contributed by atoms with Gasteiger partial charge in [0.15, 0.2) is 14.7 Å². The largest absolute Gasteiger partial charge is 0.397 e.